The molecule has 4 rings (SSSR count). The minimum Gasteiger partial charge on any atom is -0.472 e. The van der Waals surface area contributed by atoms with Crippen LogP contribution in [-0.2, 0) is 0 Å². The SMILES string of the molecule is Cc1nc(N2CCN(C)CC2)cc(N2CCN(C(=O)c3ccoc3)CC2)n1. The molecule has 2 aromatic rings. The largest absolute Gasteiger partial charge is 0.472 e. The highest BCUT2D eigenvalue weighted by Crippen LogP contribution is 2.22. The van der Waals surface area contributed by atoms with E-state index in [2.05, 4.69) is 37.8 Å². The molecule has 0 radical (unpaired) electrons. The monoisotopic (exact) mass is 370 g/mol. The number of likely N-dealkylation sites (N-methyl/N-ethyl adjacent to an activating group) is 1. The van der Waals surface area contributed by atoms with Crippen LogP contribution in [0.1, 0.15) is 16.2 Å². The summed E-state index contributed by atoms with van der Waals surface area (Å²) < 4.78 is 5.02. The van der Waals surface area contributed by atoms with Crippen LogP contribution in [-0.4, -0.2) is 85.1 Å². The third-order valence-electron chi connectivity index (χ3n) is 5.30. The van der Waals surface area contributed by atoms with Gasteiger partial charge in [0.15, 0.2) is 0 Å². The first-order valence-electron chi connectivity index (χ1n) is 9.46. The highest BCUT2D eigenvalue weighted by Gasteiger charge is 2.24. The lowest BCUT2D eigenvalue weighted by atomic mass is 10.2. The predicted octanol–water partition coefficient (Wildman–Crippen LogP) is 1.09. The van der Waals surface area contributed by atoms with Crippen LogP contribution in [0.2, 0.25) is 0 Å². The number of amides is 1. The number of piperazine rings is 2. The molecule has 0 spiro atoms. The van der Waals surface area contributed by atoms with Gasteiger partial charge >= 0.3 is 0 Å². The van der Waals surface area contributed by atoms with Gasteiger partial charge in [0.05, 0.1) is 11.8 Å². The summed E-state index contributed by atoms with van der Waals surface area (Å²) in [5.41, 5.74) is 0.610. The lowest BCUT2D eigenvalue weighted by molar-refractivity contribution is 0.0745. The first-order chi connectivity index (χ1) is 13.1. The van der Waals surface area contributed by atoms with Crippen molar-refractivity contribution in [1.29, 1.82) is 0 Å². The molecule has 2 aliphatic rings. The maximum absolute atomic E-state index is 12.5. The Morgan fingerprint density at radius 1 is 0.963 bits per heavy atom. The van der Waals surface area contributed by atoms with Crippen LogP contribution in [0.4, 0.5) is 11.6 Å². The summed E-state index contributed by atoms with van der Waals surface area (Å²) in [6.45, 7) is 8.90. The quantitative estimate of drug-likeness (QED) is 0.801. The second-order valence-electron chi connectivity index (χ2n) is 7.21. The summed E-state index contributed by atoms with van der Waals surface area (Å²) in [5, 5.41) is 0. The van der Waals surface area contributed by atoms with Gasteiger partial charge in [0.1, 0.15) is 23.7 Å². The Morgan fingerprint density at radius 2 is 1.56 bits per heavy atom. The van der Waals surface area contributed by atoms with Gasteiger partial charge in [0.2, 0.25) is 0 Å². The van der Waals surface area contributed by atoms with Crippen molar-refractivity contribution < 1.29 is 9.21 Å². The topological polar surface area (TPSA) is 69.0 Å². The summed E-state index contributed by atoms with van der Waals surface area (Å²) in [5.74, 6) is 2.77. The standard InChI is InChI=1S/C19H26N6O2/c1-15-20-17(23-6-4-22(2)5-7-23)13-18(21-15)24-8-10-25(11-9-24)19(26)16-3-12-27-14-16/h3,12-14H,4-11H2,1-2H3. The van der Waals surface area contributed by atoms with Crippen molar-refractivity contribution >= 4 is 17.5 Å². The van der Waals surface area contributed by atoms with E-state index in [9.17, 15) is 4.79 Å². The molecule has 8 heteroatoms. The number of furan rings is 1. The molecule has 2 aliphatic heterocycles. The van der Waals surface area contributed by atoms with Gasteiger partial charge in [-0.1, -0.05) is 0 Å². The molecule has 0 unspecified atom stereocenters. The van der Waals surface area contributed by atoms with Crippen molar-refractivity contribution in [3.05, 3.63) is 36.0 Å². The number of anilines is 2. The van der Waals surface area contributed by atoms with Crippen LogP contribution in [0.25, 0.3) is 0 Å². The molecule has 0 bridgehead atoms. The zero-order chi connectivity index (χ0) is 18.8. The van der Waals surface area contributed by atoms with Gasteiger partial charge in [-0.05, 0) is 20.0 Å². The highest BCUT2D eigenvalue weighted by atomic mass is 16.3. The maximum Gasteiger partial charge on any atom is 0.257 e. The summed E-state index contributed by atoms with van der Waals surface area (Å²) in [6.07, 6.45) is 3.04. The number of carbonyl (C=O) groups is 1. The predicted molar refractivity (Wildman–Crippen MR) is 103 cm³/mol. The number of nitrogens with zero attached hydrogens (tertiary/aromatic N) is 6. The van der Waals surface area contributed by atoms with E-state index < -0.39 is 0 Å². The second kappa shape index (κ2) is 7.56. The Kier molecular flexibility index (Phi) is 4.98. The van der Waals surface area contributed by atoms with E-state index in [1.807, 2.05) is 11.8 Å². The number of rotatable bonds is 3. The smallest absolute Gasteiger partial charge is 0.257 e. The van der Waals surface area contributed by atoms with Gasteiger partial charge in [0, 0.05) is 58.4 Å². The third kappa shape index (κ3) is 3.90. The fourth-order valence-electron chi connectivity index (χ4n) is 3.60. The van der Waals surface area contributed by atoms with Gasteiger partial charge in [-0.2, -0.15) is 0 Å². The Bertz CT molecular complexity index is 778. The number of hydrogen-bond donors (Lipinski definition) is 0. The van der Waals surface area contributed by atoms with Gasteiger partial charge in [-0.15, -0.1) is 0 Å². The van der Waals surface area contributed by atoms with E-state index in [0.717, 1.165) is 56.7 Å². The Morgan fingerprint density at radius 3 is 2.11 bits per heavy atom. The lowest BCUT2D eigenvalue weighted by Gasteiger charge is -2.36. The van der Waals surface area contributed by atoms with Gasteiger partial charge in [0.25, 0.3) is 5.91 Å². The van der Waals surface area contributed by atoms with E-state index in [0.29, 0.717) is 18.7 Å². The molecule has 0 N–H and O–H groups in total. The number of aromatic nitrogens is 2. The fourth-order valence-corrected chi connectivity index (χ4v) is 3.60. The molecule has 2 aromatic heterocycles. The zero-order valence-electron chi connectivity index (χ0n) is 16.0. The van der Waals surface area contributed by atoms with Crippen LogP contribution >= 0.6 is 0 Å². The molecular formula is C19H26N6O2. The van der Waals surface area contributed by atoms with Crippen LogP contribution < -0.4 is 9.80 Å². The molecule has 1 amide bonds. The van der Waals surface area contributed by atoms with E-state index in [4.69, 9.17) is 4.42 Å². The molecule has 27 heavy (non-hydrogen) atoms. The average Bonchev–Trinajstić information content (AvgIpc) is 3.22. The van der Waals surface area contributed by atoms with E-state index in [1.54, 1.807) is 6.07 Å². The molecule has 144 valence electrons. The highest BCUT2D eigenvalue weighted by molar-refractivity contribution is 5.94. The first-order valence-corrected chi connectivity index (χ1v) is 9.46. The fraction of sp³-hybridized carbons (Fsp3) is 0.526. The van der Waals surface area contributed by atoms with Crippen molar-refractivity contribution in [2.75, 3.05) is 69.2 Å². The van der Waals surface area contributed by atoms with Crippen molar-refractivity contribution in [3.8, 4) is 0 Å². The van der Waals surface area contributed by atoms with Crippen LogP contribution in [0.3, 0.4) is 0 Å². The zero-order valence-corrected chi connectivity index (χ0v) is 16.0. The van der Waals surface area contributed by atoms with Crippen LogP contribution in [0, 0.1) is 6.92 Å². The molecule has 0 aromatic carbocycles. The molecule has 8 nitrogen and oxygen atoms in total. The molecule has 0 aliphatic carbocycles. The van der Waals surface area contributed by atoms with Crippen molar-refractivity contribution in [3.63, 3.8) is 0 Å². The number of aryl methyl sites for hydroxylation is 1. The Balaban J connectivity index is 1.43. The number of hydrogen-bond acceptors (Lipinski definition) is 7. The molecule has 0 atom stereocenters. The summed E-state index contributed by atoms with van der Waals surface area (Å²) in [7, 11) is 2.15. The molecule has 0 saturated carbocycles. The van der Waals surface area contributed by atoms with E-state index >= 15 is 0 Å². The normalized spacial score (nSPS) is 18.8. The summed E-state index contributed by atoms with van der Waals surface area (Å²) in [4.78, 5) is 30.5. The maximum atomic E-state index is 12.5. The summed E-state index contributed by atoms with van der Waals surface area (Å²) in [6, 6.07) is 3.80. The number of carbonyl (C=O) groups excluding carboxylic acids is 1. The van der Waals surface area contributed by atoms with Crippen molar-refractivity contribution in [2.45, 2.75) is 6.92 Å². The Labute approximate surface area is 159 Å². The van der Waals surface area contributed by atoms with Gasteiger partial charge in [-0.3, -0.25) is 4.79 Å². The van der Waals surface area contributed by atoms with E-state index in [1.165, 1.54) is 12.5 Å². The molecular weight excluding hydrogens is 344 g/mol. The third-order valence-corrected chi connectivity index (χ3v) is 5.30. The van der Waals surface area contributed by atoms with Gasteiger partial charge < -0.3 is 24.0 Å². The van der Waals surface area contributed by atoms with Crippen molar-refractivity contribution in [2.24, 2.45) is 0 Å². The van der Waals surface area contributed by atoms with Gasteiger partial charge in [-0.25, -0.2) is 9.97 Å². The summed E-state index contributed by atoms with van der Waals surface area (Å²) >= 11 is 0. The second-order valence-corrected chi connectivity index (χ2v) is 7.21. The molecule has 2 fully saturated rings. The van der Waals surface area contributed by atoms with Crippen LogP contribution in [0.15, 0.2) is 29.1 Å². The minimum atomic E-state index is 0.0281. The van der Waals surface area contributed by atoms with E-state index in [-0.39, 0.29) is 5.91 Å². The molecule has 4 heterocycles. The first kappa shape index (κ1) is 17.8. The minimum absolute atomic E-state index is 0.0281. The Hall–Kier alpha value is -2.61. The molecule has 2 saturated heterocycles. The average molecular weight is 370 g/mol. The van der Waals surface area contributed by atoms with Crippen LogP contribution in [0.5, 0.6) is 0 Å². The van der Waals surface area contributed by atoms with Crippen molar-refractivity contribution in [1.82, 2.24) is 19.8 Å². The lowest BCUT2D eigenvalue weighted by Crippen LogP contribution is -2.49.